The van der Waals surface area contributed by atoms with E-state index in [0.29, 0.717) is 11.4 Å². The zero-order chi connectivity index (χ0) is 14.8. The number of nitrogen functional groups attached to an aromatic ring is 1. The third-order valence-corrected chi connectivity index (χ3v) is 3.76. The predicted octanol–water partition coefficient (Wildman–Crippen LogP) is 3.85. The molecule has 106 valence electrons. The SMILES string of the molecule is CSc1ccc(-c2noc(-c3ccc(F)cc3N)n2)cc1. The number of nitrogens with zero attached hydrogens (tertiary/aromatic N) is 2. The second kappa shape index (κ2) is 5.57. The Kier molecular flexibility index (Phi) is 3.62. The molecule has 0 radical (unpaired) electrons. The molecule has 2 N–H and O–H groups in total. The van der Waals surface area contributed by atoms with Crippen LogP contribution >= 0.6 is 11.8 Å². The number of aromatic nitrogens is 2. The summed E-state index contributed by atoms with van der Waals surface area (Å²) in [5, 5.41) is 3.94. The zero-order valence-corrected chi connectivity index (χ0v) is 12.0. The number of benzene rings is 2. The van der Waals surface area contributed by atoms with Crippen molar-refractivity contribution in [3.63, 3.8) is 0 Å². The van der Waals surface area contributed by atoms with Gasteiger partial charge in [-0.1, -0.05) is 5.16 Å². The molecule has 4 nitrogen and oxygen atoms in total. The summed E-state index contributed by atoms with van der Waals surface area (Å²) in [6.45, 7) is 0. The molecule has 0 spiro atoms. The van der Waals surface area contributed by atoms with Gasteiger partial charge in [0.05, 0.1) is 5.56 Å². The third-order valence-electron chi connectivity index (χ3n) is 3.02. The molecule has 3 aromatic rings. The molecule has 2 aromatic carbocycles. The van der Waals surface area contributed by atoms with E-state index in [1.807, 2.05) is 30.5 Å². The van der Waals surface area contributed by atoms with E-state index in [9.17, 15) is 4.39 Å². The Balaban J connectivity index is 1.95. The van der Waals surface area contributed by atoms with E-state index in [4.69, 9.17) is 10.3 Å². The predicted molar refractivity (Wildman–Crippen MR) is 81.3 cm³/mol. The first-order valence-electron chi connectivity index (χ1n) is 6.21. The monoisotopic (exact) mass is 301 g/mol. The van der Waals surface area contributed by atoms with Crippen LogP contribution in [0.2, 0.25) is 0 Å². The molecule has 0 aliphatic carbocycles. The van der Waals surface area contributed by atoms with Crippen LogP contribution in [0.5, 0.6) is 0 Å². The fraction of sp³-hybridized carbons (Fsp3) is 0.0667. The van der Waals surface area contributed by atoms with Gasteiger partial charge in [-0.05, 0) is 48.7 Å². The number of thioether (sulfide) groups is 1. The highest BCUT2D eigenvalue weighted by Crippen LogP contribution is 2.27. The van der Waals surface area contributed by atoms with Gasteiger partial charge in [-0.25, -0.2) is 4.39 Å². The van der Waals surface area contributed by atoms with E-state index in [1.54, 1.807) is 11.8 Å². The van der Waals surface area contributed by atoms with Crippen molar-refractivity contribution in [2.75, 3.05) is 12.0 Å². The van der Waals surface area contributed by atoms with Crippen molar-refractivity contribution in [2.24, 2.45) is 0 Å². The first-order chi connectivity index (χ1) is 10.2. The van der Waals surface area contributed by atoms with Gasteiger partial charge in [-0.2, -0.15) is 4.98 Å². The Morgan fingerprint density at radius 1 is 1.14 bits per heavy atom. The maximum Gasteiger partial charge on any atom is 0.260 e. The Morgan fingerprint density at radius 3 is 2.57 bits per heavy atom. The van der Waals surface area contributed by atoms with E-state index < -0.39 is 5.82 Å². The van der Waals surface area contributed by atoms with E-state index in [-0.39, 0.29) is 11.6 Å². The van der Waals surface area contributed by atoms with Crippen LogP contribution in [0.3, 0.4) is 0 Å². The lowest BCUT2D eigenvalue weighted by atomic mass is 10.1. The summed E-state index contributed by atoms with van der Waals surface area (Å²) in [6, 6.07) is 11.9. The quantitative estimate of drug-likeness (QED) is 0.588. The number of halogens is 1. The molecule has 0 bridgehead atoms. The molecule has 1 aromatic heterocycles. The van der Waals surface area contributed by atoms with Crippen LogP contribution in [-0.2, 0) is 0 Å². The first-order valence-corrected chi connectivity index (χ1v) is 7.43. The number of hydrogen-bond acceptors (Lipinski definition) is 5. The average Bonchev–Trinajstić information content (AvgIpc) is 2.97. The smallest absolute Gasteiger partial charge is 0.260 e. The Bertz CT molecular complexity index is 771. The molecule has 0 atom stereocenters. The highest BCUT2D eigenvalue weighted by atomic mass is 32.2. The van der Waals surface area contributed by atoms with Gasteiger partial charge in [0.15, 0.2) is 0 Å². The summed E-state index contributed by atoms with van der Waals surface area (Å²) in [4.78, 5) is 5.47. The number of nitrogens with two attached hydrogens (primary N) is 1. The molecule has 3 rings (SSSR count). The van der Waals surface area contributed by atoms with Crippen molar-refractivity contribution in [1.82, 2.24) is 10.1 Å². The lowest BCUT2D eigenvalue weighted by Gasteiger charge is -1.99. The molecule has 0 amide bonds. The standard InChI is InChI=1S/C15H12FN3OS/c1-21-11-5-2-9(3-6-11)14-18-15(20-19-14)12-7-4-10(16)8-13(12)17/h2-8H,17H2,1H3. The van der Waals surface area contributed by atoms with Gasteiger partial charge in [0.1, 0.15) is 5.82 Å². The van der Waals surface area contributed by atoms with Crippen molar-refractivity contribution >= 4 is 17.4 Å². The van der Waals surface area contributed by atoms with Crippen LogP contribution in [0.1, 0.15) is 0 Å². The molecule has 0 unspecified atom stereocenters. The van der Waals surface area contributed by atoms with Crippen molar-refractivity contribution in [2.45, 2.75) is 4.90 Å². The fourth-order valence-corrected chi connectivity index (χ4v) is 2.33. The minimum atomic E-state index is -0.399. The normalized spacial score (nSPS) is 10.8. The van der Waals surface area contributed by atoms with Crippen LogP contribution in [-0.4, -0.2) is 16.4 Å². The van der Waals surface area contributed by atoms with Crippen molar-refractivity contribution in [3.05, 3.63) is 48.3 Å². The van der Waals surface area contributed by atoms with Crippen LogP contribution in [0.25, 0.3) is 22.8 Å². The van der Waals surface area contributed by atoms with Crippen molar-refractivity contribution < 1.29 is 8.91 Å². The molecule has 6 heteroatoms. The molecule has 21 heavy (non-hydrogen) atoms. The molecule has 0 aliphatic heterocycles. The van der Waals surface area contributed by atoms with E-state index >= 15 is 0 Å². The zero-order valence-electron chi connectivity index (χ0n) is 11.2. The molecule has 0 saturated heterocycles. The number of anilines is 1. The molecular formula is C15H12FN3OS. The molecule has 0 fully saturated rings. The minimum absolute atomic E-state index is 0.267. The van der Waals surface area contributed by atoms with E-state index in [2.05, 4.69) is 10.1 Å². The highest BCUT2D eigenvalue weighted by molar-refractivity contribution is 7.98. The largest absolute Gasteiger partial charge is 0.398 e. The van der Waals surface area contributed by atoms with Crippen LogP contribution in [0.4, 0.5) is 10.1 Å². The lowest BCUT2D eigenvalue weighted by molar-refractivity contribution is 0.432. The summed E-state index contributed by atoms with van der Waals surface area (Å²) in [7, 11) is 0. The molecular weight excluding hydrogens is 289 g/mol. The highest BCUT2D eigenvalue weighted by Gasteiger charge is 2.13. The van der Waals surface area contributed by atoms with Crippen LogP contribution in [0, 0.1) is 5.82 Å². The van der Waals surface area contributed by atoms with E-state index in [1.165, 1.54) is 18.2 Å². The second-order valence-electron chi connectivity index (χ2n) is 4.38. The lowest BCUT2D eigenvalue weighted by Crippen LogP contribution is -1.91. The first kappa shape index (κ1) is 13.6. The molecule has 0 aliphatic rings. The van der Waals surface area contributed by atoms with Gasteiger partial charge in [-0.15, -0.1) is 11.8 Å². The maximum atomic E-state index is 13.1. The summed E-state index contributed by atoms with van der Waals surface area (Å²) >= 11 is 1.66. The van der Waals surface area contributed by atoms with Crippen LogP contribution < -0.4 is 5.73 Å². The fourth-order valence-electron chi connectivity index (χ4n) is 1.92. The Hall–Kier alpha value is -2.34. The average molecular weight is 301 g/mol. The Labute approximate surface area is 125 Å². The van der Waals surface area contributed by atoms with Gasteiger partial charge in [0.25, 0.3) is 5.89 Å². The van der Waals surface area contributed by atoms with E-state index in [0.717, 1.165) is 10.5 Å². The maximum absolute atomic E-state index is 13.1. The van der Waals surface area contributed by atoms with Gasteiger partial charge in [-0.3, -0.25) is 0 Å². The van der Waals surface area contributed by atoms with Gasteiger partial charge in [0.2, 0.25) is 5.82 Å². The molecule has 0 saturated carbocycles. The number of rotatable bonds is 3. The summed E-state index contributed by atoms with van der Waals surface area (Å²) in [6.07, 6.45) is 2.01. The van der Waals surface area contributed by atoms with Gasteiger partial charge in [0, 0.05) is 16.1 Å². The third kappa shape index (κ3) is 2.75. The molecule has 1 heterocycles. The van der Waals surface area contributed by atoms with Gasteiger partial charge >= 0.3 is 0 Å². The summed E-state index contributed by atoms with van der Waals surface area (Å²) < 4.78 is 18.3. The second-order valence-corrected chi connectivity index (χ2v) is 5.26. The summed E-state index contributed by atoms with van der Waals surface area (Å²) in [5.74, 6) is 0.349. The van der Waals surface area contributed by atoms with Gasteiger partial charge < -0.3 is 10.3 Å². The van der Waals surface area contributed by atoms with Crippen molar-refractivity contribution in [1.29, 1.82) is 0 Å². The number of hydrogen-bond donors (Lipinski definition) is 1. The summed E-state index contributed by atoms with van der Waals surface area (Å²) in [5.41, 5.74) is 7.41. The topological polar surface area (TPSA) is 64.9 Å². The van der Waals surface area contributed by atoms with Crippen LogP contribution in [0.15, 0.2) is 51.9 Å². The minimum Gasteiger partial charge on any atom is -0.398 e. The Morgan fingerprint density at radius 2 is 1.90 bits per heavy atom. The van der Waals surface area contributed by atoms with Crippen molar-refractivity contribution in [3.8, 4) is 22.8 Å².